The minimum atomic E-state index is -1.18. The fourth-order valence-electron chi connectivity index (χ4n) is 1.69. The number of amides is 1. The normalized spacial score (nSPS) is 12.6. The molecule has 0 aliphatic rings. The van der Waals surface area contributed by atoms with Crippen molar-refractivity contribution in [3.63, 3.8) is 0 Å². The van der Waals surface area contributed by atoms with Gasteiger partial charge in [-0.25, -0.2) is 0 Å². The van der Waals surface area contributed by atoms with Crippen LogP contribution in [0.1, 0.15) is 36.0 Å². The second kappa shape index (κ2) is 5.17. The molecule has 1 heterocycles. The molecule has 0 atom stereocenters. The molecule has 2 nitrogen and oxygen atoms in total. The van der Waals surface area contributed by atoms with E-state index < -0.39 is 8.07 Å². The predicted molar refractivity (Wildman–Crippen MR) is 83.2 cm³/mol. The Bertz CT molecular complexity index is 426. The largest absolute Gasteiger partial charge is 0.336 e. The molecule has 0 saturated heterocycles. The molecular formula is C14H25NOSSi. The van der Waals surface area contributed by atoms with Gasteiger partial charge in [0.05, 0.1) is 4.88 Å². The second-order valence-electron chi connectivity index (χ2n) is 7.05. The molecule has 102 valence electrons. The van der Waals surface area contributed by atoms with Crippen LogP contribution in [-0.2, 0) is 6.04 Å². The van der Waals surface area contributed by atoms with Crippen LogP contribution >= 0.6 is 11.3 Å². The fourth-order valence-corrected chi connectivity index (χ4v) is 4.15. The lowest BCUT2D eigenvalue weighted by Gasteiger charge is -2.32. The highest BCUT2D eigenvalue weighted by Crippen LogP contribution is 2.25. The number of thiophene rings is 1. The zero-order valence-electron chi connectivity index (χ0n) is 12.6. The number of carbonyl (C=O) groups is 1. The first-order valence-electron chi connectivity index (χ1n) is 6.37. The van der Waals surface area contributed by atoms with E-state index in [1.54, 1.807) is 11.3 Å². The van der Waals surface area contributed by atoms with E-state index in [4.69, 9.17) is 0 Å². The minimum absolute atomic E-state index is 0.127. The van der Waals surface area contributed by atoms with Crippen molar-refractivity contribution in [1.29, 1.82) is 0 Å². The summed E-state index contributed by atoms with van der Waals surface area (Å²) < 4.78 is 0. The van der Waals surface area contributed by atoms with Gasteiger partial charge in [-0.1, -0.05) is 19.6 Å². The standard InChI is InChI=1S/C14H25NOSSi/c1-14(2,3)15(4)13(16)12-11(8-9-17-12)10-18(5,6)7/h8-9H,10H2,1-7H3. The molecule has 0 N–H and O–H groups in total. The molecule has 0 aliphatic heterocycles. The van der Waals surface area contributed by atoms with Gasteiger partial charge in [-0.3, -0.25) is 4.79 Å². The SMILES string of the molecule is CN(C(=O)c1sccc1C[Si](C)(C)C)C(C)(C)C. The topological polar surface area (TPSA) is 20.3 Å². The molecule has 0 aromatic carbocycles. The molecule has 0 spiro atoms. The van der Waals surface area contributed by atoms with Gasteiger partial charge in [-0.05, 0) is 43.8 Å². The van der Waals surface area contributed by atoms with Crippen LogP contribution in [0, 0.1) is 0 Å². The monoisotopic (exact) mass is 283 g/mol. The summed E-state index contributed by atoms with van der Waals surface area (Å²) in [6, 6.07) is 3.20. The van der Waals surface area contributed by atoms with Crippen LogP contribution in [0.25, 0.3) is 0 Å². The third-order valence-corrected chi connectivity index (χ3v) is 5.36. The predicted octanol–water partition coefficient (Wildman–Crippen LogP) is 4.04. The van der Waals surface area contributed by atoms with E-state index in [1.165, 1.54) is 5.56 Å². The molecule has 1 aromatic heterocycles. The van der Waals surface area contributed by atoms with Gasteiger partial charge in [-0.15, -0.1) is 11.3 Å². The van der Waals surface area contributed by atoms with E-state index in [-0.39, 0.29) is 11.4 Å². The Morgan fingerprint density at radius 1 is 1.33 bits per heavy atom. The Morgan fingerprint density at radius 3 is 2.33 bits per heavy atom. The van der Waals surface area contributed by atoms with Crippen molar-refractivity contribution in [3.05, 3.63) is 21.9 Å². The maximum Gasteiger partial charge on any atom is 0.264 e. The molecule has 4 heteroatoms. The molecule has 0 aliphatic carbocycles. The van der Waals surface area contributed by atoms with Crippen molar-refractivity contribution in [2.45, 2.75) is 52.0 Å². The van der Waals surface area contributed by atoms with Crippen molar-refractivity contribution in [2.24, 2.45) is 0 Å². The highest BCUT2D eigenvalue weighted by molar-refractivity contribution is 7.12. The van der Waals surface area contributed by atoms with Gasteiger partial charge in [0.2, 0.25) is 0 Å². The van der Waals surface area contributed by atoms with Crippen LogP contribution in [0.2, 0.25) is 19.6 Å². The van der Waals surface area contributed by atoms with E-state index in [9.17, 15) is 4.79 Å². The first-order chi connectivity index (χ1) is 8.02. The smallest absolute Gasteiger partial charge is 0.264 e. The Morgan fingerprint density at radius 2 is 1.89 bits per heavy atom. The molecule has 0 bridgehead atoms. The van der Waals surface area contributed by atoms with Gasteiger partial charge in [0.1, 0.15) is 0 Å². The minimum Gasteiger partial charge on any atom is -0.336 e. The molecule has 0 saturated carbocycles. The van der Waals surface area contributed by atoms with Crippen LogP contribution in [0.3, 0.4) is 0 Å². The summed E-state index contributed by atoms with van der Waals surface area (Å²) in [6.07, 6.45) is 0. The molecule has 1 rings (SSSR count). The molecule has 18 heavy (non-hydrogen) atoms. The van der Waals surface area contributed by atoms with Gasteiger partial charge in [0.15, 0.2) is 0 Å². The second-order valence-corrected chi connectivity index (χ2v) is 13.4. The number of rotatable bonds is 3. The van der Waals surface area contributed by atoms with E-state index >= 15 is 0 Å². The van der Waals surface area contributed by atoms with Crippen molar-refractivity contribution < 1.29 is 4.79 Å². The maximum absolute atomic E-state index is 12.5. The van der Waals surface area contributed by atoms with Crippen LogP contribution in [0.4, 0.5) is 0 Å². The van der Waals surface area contributed by atoms with Crippen molar-refractivity contribution in [1.82, 2.24) is 4.90 Å². The molecule has 1 aromatic rings. The van der Waals surface area contributed by atoms with Crippen molar-refractivity contribution >= 4 is 25.3 Å². The van der Waals surface area contributed by atoms with Crippen LogP contribution in [-0.4, -0.2) is 31.5 Å². The summed E-state index contributed by atoms with van der Waals surface area (Å²) in [4.78, 5) is 15.3. The van der Waals surface area contributed by atoms with E-state index in [0.717, 1.165) is 10.9 Å². The lowest BCUT2D eigenvalue weighted by atomic mass is 10.1. The zero-order valence-corrected chi connectivity index (χ0v) is 14.4. The Hall–Kier alpha value is -0.613. The Kier molecular flexibility index (Phi) is 4.44. The molecule has 1 amide bonds. The fraction of sp³-hybridized carbons (Fsp3) is 0.643. The third kappa shape index (κ3) is 3.95. The van der Waals surface area contributed by atoms with Gasteiger partial charge in [0.25, 0.3) is 5.91 Å². The van der Waals surface area contributed by atoms with E-state index in [0.29, 0.717) is 0 Å². The average Bonchev–Trinajstić information content (AvgIpc) is 2.59. The summed E-state index contributed by atoms with van der Waals surface area (Å²) in [5.74, 6) is 0.158. The summed E-state index contributed by atoms with van der Waals surface area (Å²) >= 11 is 1.57. The Balaban J connectivity index is 2.98. The summed E-state index contributed by atoms with van der Waals surface area (Å²) in [5, 5.41) is 2.04. The van der Waals surface area contributed by atoms with Crippen molar-refractivity contribution in [2.75, 3.05) is 7.05 Å². The van der Waals surface area contributed by atoms with Gasteiger partial charge < -0.3 is 4.90 Å². The van der Waals surface area contributed by atoms with Crippen LogP contribution in [0.15, 0.2) is 11.4 Å². The molecule has 0 unspecified atom stereocenters. The number of nitrogens with zero attached hydrogens (tertiary/aromatic N) is 1. The Labute approximate surface area is 116 Å². The quantitative estimate of drug-likeness (QED) is 0.767. The maximum atomic E-state index is 12.5. The third-order valence-electron chi connectivity index (χ3n) is 2.97. The van der Waals surface area contributed by atoms with Crippen LogP contribution < -0.4 is 0 Å². The molecule has 0 radical (unpaired) electrons. The van der Waals surface area contributed by atoms with Crippen molar-refractivity contribution in [3.8, 4) is 0 Å². The van der Waals surface area contributed by atoms with Gasteiger partial charge >= 0.3 is 0 Å². The summed E-state index contributed by atoms with van der Waals surface area (Å²) in [6.45, 7) is 13.2. The lowest BCUT2D eigenvalue weighted by molar-refractivity contribution is 0.0660. The number of carbonyl (C=O) groups excluding carboxylic acids is 1. The molecular weight excluding hydrogens is 258 g/mol. The zero-order chi connectivity index (χ0) is 14.1. The number of hydrogen-bond acceptors (Lipinski definition) is 2. The lowest BCUT2D eigenvalue weighted by Crippen LogP contribution is -2.42. The van der Waals surface area contributed by atoms with Crippen LogP contribution in [0.5, 0.6) is 0 Å². The summed E-state index contributed by atoms with van der Waals surface area (Å²) in [7, 11) is 0.705. The first-order valence-corrected chi connectivity index (χ1v) is 11.0. The first kappa shape index (κ1) is 15.4. The molecule has 0 fully saturated rings. The van der Waals surface area contributed by atoms with E-state index in [2.05, 4.69) is 46.5 Å². The van der Waals surface area contributed by atoms with E-state index in [1.807, 2.05) is 17.3 Å². The van der Waals surface area contributed by atoms with Gasteiger partial charge in [0, 0.05) is 20.7 Å². The summed E-state index contributed by atoms with van der Waals surface area (Å²) in [5.41, 5.74) is 1.11. The van der Waals surface area contributed by atoms with Gasteiger partial charge in [-0.2, -0.15) is 0 Å². The number of hydrogen-bond donors (Lipinski definition) is 0. The highest BCUT2D eigenvalue weighted by atomic mass is 32.1. The highest BCUT2D eigenvalue weighted by Gasteiger charge is 2.27. The average molecular weight is 284 g/mol.